The first-order chi connectivity index (χ1) is 13.1. The van der Waals surface area contributed by atoms with E-state index in [1.54, 1.807) is 0 Å². The normalized spacial score (nSPS) is 15.8. The SMILES string of the molecule is CCCc1noc(CCC(=O)Nc2cccc(CN3CCN(C)CC3)c2)n1. The Kier molecular flexibility index (Phi) is 6.95. The third-order valence-corrected chi connectivity index (χ3v) is 4.76. The average Bonchev–Trinajstić information content (AvgIpc) is 3.10. The van der Waals surface area contributed by atoms with Crippen molar-refractivity contribution in [1.29, 1.82) is 0 Å². The molecular weight excluding hydrogens is 342 g/mol. The van der Waals surface area contributed by atoms with E-state index >= 15 is 0 Å². The molecule has 1 aliphatic rings. The number of carbonyl (C=O) groups excluding carboxylic acids is 1. The molecule has 1 N–H and O–H groups in total. The minimum absolute atomic E-state index is 0.0398. The highest BCUT2D eigenvalue weighted by atomic mass is 16.5. The molecule has 27 heavy (non-hydrogen) atoms. The fourth-order valence-electron chi connectivity index (χ4n) is 3.17. The van der Waals surface area contributed by atoms with Crippen molar-refractivity contribution < 1.29 is 9.32 Å². The van der Waals surface area contributed by atoms with Crippen LogP contribution in [0.1, 0.15) is 37.0 Å². The lowest BCUT2D eigenvalue weighted by atomic mass is 10.1. The van der Waals surface area contributed by atoms with Gasteiger partial charge in [0.05, 0.1) is 0 Å². The van der Waals surface area contributed by atoms with Crippen LogP contribution < -0.4 is 5.32 Å². The van der Waals surface area contributed by atoms with Crippen LogP contribution in [0.3, 0.4) is 0 Å². The third kappa shape index (κ3) is 6.15. The lowest BCUT2D eigenvalue weighted by molar-refractivity contribution is -0.116. The minimum atomic E-state index is -0.0398. The highest BCUT2D eigenvalue weighted by Crippen LogP contribution is 2.14. The number of amides is 1. The van der Waals surface area contributed by atoms with E-state index < -0.39 is 0 Å². The topological polar surface area (TPSA) is 74.5 Å². The van der Waals surface area contributed by atoms with Gasteiger partial charge in [0.15, 0.2) is 5.82 Å². The molecule has 2 aromatic rings. The Bertz CT molecular complexity index is 737. The average molecular weight is 371 g/mol. The van der Waals surface area contributed by atoms with Crippen LogP contribution >= 0.6 is 0 Å². The number of piperazine rings is 1. The van der Waals surface area contributed by atoms with Gasteiger partial charge in [0.1, 0.15) is 0 Å². The second kappa shape index (κ2) is 9.62. The zero-order valence-corrected chi connectivity index (χ0v) is 16.3. The maximum Gasteiger partial charge on any atom is 0.227 e. The standard InChI is InChI=1S/C20H29N5O2/c1-3-5-18-22-20(27-23-18)9-8-19(26)21-17-7-4-6-16(14-17)15-25-12-10-24(2)11-13-25/h4,6-7,14H,3,5,8-13,15H2,1-2H3,(H,21,26). The van der Waals surface area contributed by atoms with E-state index in [4.69, 9.17) is 4.52 Å². The van der Waals surface area contributed by atoms with Crippen molar-refractivity contribution in [3.63, 3.8) is 0 Å². The number of aryl methyl sites for hydroxylation is 2. The number of hydrogen-bond donors (Lipinski definition) is 1. The maximum absolute atomic E-state index is 12.2. The molecule has 146 valence electrons. The molecule has 7 heteroatoms. The number of rotatable bonds is 8. The first-order valence-corrected chi connectivity index (χ1v) is 9.73. The maximum atomic E-state index is 12.2. The molecule has 0 aliphatic carbocycles. The predicted molar refractivity (Wildman–Crippen MR) is 104 cm³/mol. The molecule has 3 rings (SSSR count). The summed E-state index contributed by atoms with van der Waals surface area (Å²) >= 11 is 0. The van der Waals surface area contributed by atoms with Crippen LogP contribution in [0.5, 0.6) is 0 Å². The first-order valence-electron chi connectivity index (χ1n) is 9.73. The molecule has 0 unspecified atom stereocenters. The molecule has 1 aromatic heterocycles. The van der Waals surface area contributed by atoms with Crippen LogP contribution in [-0.2, 0) is 24.2 Å². The molecular formula is C20H29N5O2. The van der Waals surface area contributed by atoms with E-state index in [1.165, 1.54) is 5.56 Å². The van der Waals surface area contributed by atoms with E-state index in [-0.39, 0.29) is 5.91 Å². The Hall–Kier alpha value is -2.25. The van der Waals surface area contributed by atoms with Gasteiger partial charge < -0.3 is 14.7 Å². The number of nitrogens with one attached hydrogen (secondary N) is 1. The van der Waals surface area contributed by atoms with Crippen molar-refractivity contribution >= 4 is 11.6 Å². The summed E-state index contributed by atoms with van der Waals surface area (Å²) in [5, 5.41) is 6.89. The summed E-state index contributed by atoms with van der Waals surface area (Å²) in [5.74, 6) is 1.20. The van der Waals surface area contributed by atoms with Crippen molar-refractivity contribution in [3.8, 4) is 0 Å². The molecule has 1 aromatic carbocycles. The van der Waals surface area contributed by atoms with Crippen molar-refractivity contribution in [2.45, 2.75) is 39.2 Å². The van der Waals surface area contributed by atoms with Gasteiger partial charge in [-0.25, -0.2) is 0 Å². The van der Waals surface area contributed by atoms with Gasteiger partial charge in [-0.3, -0.25) is 9.69 Å². The number of anilines is 1. The Morgan fingerprint density at radius 3 is 2.81 bits per heavy atom. The molecule has 1 aliphatic heterocycles. The Morgan fingerprint density at radius 1 is 1.22 bits per heavy atom. The van der Waals surface area contributed by atoms with E-state index in [0.717, 1.165) is 51.3 Å². The van der Waals surface area contributed by atoms with Gasteiger partial charge in [-0.15, -0.1) is 0 Å². The fraction of sp³-hybridized carbons (Fsp3) is 0.550. The quantitative estimate of drug-likeness (QED) is 0.768. The summed E-state index contributed by atoms with van der Waals surface area (Å²) in [6, 6.07) is 8.09. The molecule has 2 heterocycles. The second-order valence-corrected chi connectivity index (χ2v) is 7.18. The van der Waals surface area contributed by atoms with E-state index in [2.05, 4.69) is 51.4 Å². The zero-order valence-electron chi connectivity index (χ0n) is 16.3. The fourth-order valence-corrected chi connectivity index (χ4v) is 3.17. The highest BCUT2D eigenvalue weighted by Gasteiger charge is 2.14. The van der Waals surface area contributed by atoms with Crippen LogP contribution in [0.25, 0.3) is 0 Å². The molecule has 0 atom stereocenters. The summed E-state index contributed by atoms with van der Waals surface area (Å²) in [6.07, 6.45) is 2.57. The van der Waals surface area contributed by atoms with Crippen LogP contribution in [0, 0.1) is 0 Å². The molecule has 1 fully saturated rings. The van der Waals surface area contributed by atoms with Gasteiger partial charge in [0, 0.05) is 57.7 Å². The summed E-state index contributed by atoms with van der Waals surface area (Å²) in [7, 11) is 2.16. The van der Waals surface area contributed by atoms with Crippen molar-refractivity contribution in [2.24, 2.45) is 0 Å². The van der Waals surface area contributed by atoms with Gasteiger partial charge in [-0.1, -0.05) is 24.2 Å². The predicted octanol–water partition coefficient (Wildman–Crippen LogP) is 2.34. The Balaban J connectivity index is 1.47. The number of benzene rings is 1. The Morgan fingerprint density at radius 2 is 2.04 bits per heavy atom. The lowest BCUT2D eigenvalue weighted by Gasteiger charge is -2.32. The van der Waals surface area contributed by atoms with E-state index in [0.29, 0.717) is 24.6 Å². The van der Waals surface area contributed by atoms with E-state index in [1.807, 2.05) is 12.1 Å². The number of likely N-dealkylation sites (N-methyl/N-ethyl adjacent to an activating group) is 1. The minimum Gasteiger partial charge on any atom is -0.339 e. The van der Waals surface area contributed by atoms with Gasteiger partial charge in [0.2, 0.25) is 11.8 Å². The van der Waals surface area contributed by atoms with Crippen LogP contribution in [0.15, 0.2) is 28.8 Å². The molecule has 7 nitrogen and oxygen atoms in total. The summed E-state index contributed by atoms with van der Waals surface area (Å²) < 4.78 is 5.18. The molecule has 0 spiro atoms. The van der Waals surface area contributed by atoms with Crippen LogP contribution in [-0.4, -0.2) is 59.1 Å². The number of aromatic nitrogens is 2. The Labute approximate surface area is 160 Å². The number of carbonyl (C=O) groups is 1. The van der Waals surface area contributed by atoms with Crippen LogP contribution in [0.2, 0.25) is 0 Å². The monoisotopic (exact) mass is 371 g/mol. The first kappa shape index (κ1) is 19.5. The molecule has 0 bridgehead atoms. The largest absolute Gasteiger partial charge is 0.339 e. The van der Waals surface area contributed by atoms with Gasteiger partial charge in [-0.05, 0) is 31.2 Å². The molecule has 1 saturated heterocycles. The molecule has 1 amide bonds. The zero-order chi connectivity index (χ0) is 19.1. The summed E-state index contributed by atoms with van der Waals surface area (Å²) in [6.45, 7) is 7.35. The highest BCUT2D eigenvalue weighted by molar-refractivity contribution is 5.90. The number of hydrogen-bond acceptors (Lipinski definition) is 6. The van der Waals surface area contributed by atoms with Gasteiger partial charge in [-0.2, -0.15) is 4.98 Å². The molecule has 0 radical (unpaired) electrons. The smallest absolute Gasteiger partial charge is 0.227 e. The molecule has 0 saturated carbocycles. The summed E-state index contributed by atoms with van der Waals surface area (Å²) in [5.41, 5.74) is 2.06. The van der Waals surface area contributed by atoms with Crippen molar-refractivity contribution in [2.75, 3.05) is 38.5 Å². The van der Waals surface area contributed by atoms with E-state index in [9.17, 15) is 4.79 Å². The third-order valence-electron chi connectivity index (χ3n) is 4.76. The number of nitrogens with zero attached hydrogens (tertiary/aromatic N) is 4. The van der Waals surface area contributed by atoms with Gasteiger partial charge in [0.25, 0.3) is 0 Å². The lowest BCUT2D eigenvalue weighted by Crippen LogP contribution is -2.43. The second-order valence-electron chi connectivity index (χ2n) is 7.18. The summed E-state index contributed by atoms with van der Waals surface area (Å²) in [4.78, 5) is 21.3. The van der Waals surface area contributed by atoms with Crippen LogP contribution in [0.4, 0.5) is 5.69 Å². The van der Waals surface area contributed by atoms with Crippen molar-refractivity contribution in [3.05, 3.63) is 41.5 Å². The van der Waals surface area contributed by atoms with Crippen molar-refractivity contribution in [1.82, 2.24) is 19.9 Å². The van der Waals surface area contributed by atoms with Gasteiger partial charge >= 0.3 is 0 Å².